The van der Waals surface area contributed by atoms with Crippen molar-refractivity contribution >= 4 is 11.6 Å². The van der Waals surface area contributed by atoms with Crippen LogP contribution in [-0.2, 0) is 4.79 Å². The van der Waals surface area contributed by atoms with Crippen LogP contribution in [0.15, 0.2) is 24.3 Å². The summed E-state index contributed by atoms with van der Waals surface area (Å²) in [6, 6.07) is 8.99. The molecule has 0 radical (unpaired) electrons. The Morgan fingerprint density at radius 2 is 2.22 bits per heavy atom. The van der Waals surface area contributed by atoms with E-state index in [9.17, 15) is 4.79 Å². The van der Waals surface area contributed by atoms with Crippen molar-refractivity contribution in [2.75, 3.05) is 38.0 Å². The summed E-state index contributed by atoms with van der Waals surface area (Å²) in [5.74, 6) is -0.0352. The van der Waals surface area contributed by atoms with Gasteiger partial charge in [0.05, 0.1) is 18.2 Å². The van der Waals surface area contributed by atoms with E-state index >= 15 is 0 Å². The molecule has 0 unspecified atom stereocenters. The minimum absolute atomic E-state index is 0.0352. The summed E-state index contributed by atoms with van der Waals surface area (Å²) in [5, 5.41) is 14.8. The van der Waals surface area contributed by atoms with E-state index < -0.39 is 0 Å². The van der Waals surface area contributed by atoms with Crippen LogP contribution in [0.1, 0.15) is 5.56 Å². The minimum Gasteiger partial charge on any atom is -0.325 e. The average molecular weight is 244 g/mol. The molecule has 18 heavy (non-hydrogen) atoms. The van der Waals surface area contributed by atoms with Crippen molar-refractivity contribution in [3.05, 3.63) is 29.8 Å². The number of hydrogen-bond donors (Lipinski definition) is 2. The van der Waals surface area contributed by atoms with E-state index in [4.69, 9.17) is 5.26 Å². The van der Waals surface area contributed by atoms with Gasteiger partial charge in [0.15, 0.2) is 0 Å². The zero-order chi connectivity index (χ0) is 12.8. The molecule has 1 aromatic carbocycles. The molecular formula is C13H16N4O. The lowest BCUT2D eigenvalue weighted by molar-refractivity contribution is -0.117. The standard InChI is InChI=1S/C13H16N4O/c14-9-11-2-1-3-12(8-11)16-13(18)10-17-6-4-15-5-7-17/h1-3,8,15H,4-7,10H2,(H,16,18). The van der Waals surface area contributed by atoms with Crippen molar-refractivity contribution in [3.8, 4) is 6.07 Å². The molecule has 5 nitrogen and oxygen atoms in total. The van der Waals surface area contributed by atoms with Gasteiger partial charge in [0.2, 0.25) is 5.91 Å². The van der Waals surface area contributed by atoms with Crippen LogP contribution in [0.3, 0.4) is 0 Å². The molecule has 0 aromatic heterocycles. The number of benzene rings is 1. The summed E-state index contributed by atoms with van der Waals surface area (Å²) < 4.78 is 0. The normalized spacial score (nSPS) is 15.9. The zero-order valence-corrected chi connectivity index (χ0v) is 10.1. The molecule has 94 valence electrons. The molecule has 2 rings (SSSR count). The summed E-state index contributed by atoms with van der Waals surface area (Å²) in [6.45, 7) is 4.05. The predicted molar refractivity (Wildman–Crippen MR) is 69.1 cm³/mol. The number of amides is 1. The third kappa shape index (κ3) is 3.55. The second kappa shape index (κ2) is 6.15. The summed E-state index contributed by atoms with van der Waals surface area (Å²) in [4.78, 5) is 13.9. The molecule has 0 atom stereocenters. The quantitative estimate of drug-likeness (QED) is 0.807. The van der Waals surface area contributed by atoms with Crippen LogP contribution in [-0.4, -0.2) is 43.5 Å². The Kier molecular flexibility index (Phi) is 4.29. The molecule has 1 aliphatic rings. The number of nitrogens with one attached hydrogen (secondary N) is 2. The topological polar surface area (TPSA) is 68.2 Å². The second-order valence-corrected chi connectivity index (χ2v) is 4.27. The van der Waals surface area contributed by atoms with Gasteiger partial charge in [-0.1, -0.05) is 6.07 Å². The van der Waals surface area contributed by atoms with Crippen LogP contribution < -0.4 is 10.6 Å². The number of hydrogen-bond acceptors (Lipinski definition) is 4. The molecule has 1 heterocycles. The lowest BCUT2D eigenvalue weighted by Gasteiger charge is -2.26. The SMILES string of the molecule is N#Cc1cccc(NC(=O)CN2CCNCC2)c1. The maximum atomic E-state index is 11.8. The van der Waals surface area contributed by atoms with Gasteiger partial charge in [0.1, 0.15) is 0 Å². The fourth-order valence-electron chi connectivity index (χ4n) is 1.94. The van der Waals surface area contributed by atoms with E-state index in [-0.39, 0.29) is 5.91 Å². The van der Waals surface area contributed by atoms with Gasteiger partial charge in [0, 0.05) is 31.9 Å². The fourth-order valence-corrected chi connectivity index (χ4v) is 1.94. The van der Waals surface area contributed by atoms with Crippen LogP contribution in [0, 0.1) is 11.3 Å². The Morgan fingerprint density at radius 1 is 1.44 bits per heavy atom. The highest BCUT2D eigenvalue weighted by Gasteiger charge is 2.13. The van der Waals surface area contributed by atoms with Gasteiger partial charge < -0.3 is 10.6 Å². The molecule has 5 heteroatoms. The van der Waals surface area contributed by atoms with E-state index in [1.165, 1.54) is 0 Å². The summed E-state index contributed by atoms with van der Waals surface area (Å²) in [5.41, 5.74) is 1.23. The monoisotopic (exact) mass is 244 g/mol. The van der Waals surface area contributed by atoms with Crippen LogP contribution in [0.4, 0.5) is 5.69 Å². The molecule has 0 saturated carbocycles. The van der Waals surface area contributed by atoms with Gasteiger partial charge >= 0.3 is 0 Å². The van der Waals surface area contributed by atoms with Gasteiger partial charge in [-0.25, -0.2) is 0 Å². The molecule has 1 saturated heterocycles. The van der Waals surface area contributed by atoms with Gasteiger partial charge in [-0.2, -0.15) is 5.26 Å². The number of carbonyl (C=O) groups is 1. The molecule has 1 aliphatic heterocycles. The van der Waals surface area contributed by atoms with Gasteiger partial charge in [0.25, 0.3) is 0 Å². The fraction of sp³-hybridized carbons (Fsp3) is 0.385. The maximum Gasteiger partial charge on any atom is 0.238 e. The van der Waals surface area contributed by atoms with Crippen LogP contribution in [0.25, 0.3) is 0 Å². The lowest BCUT2D eigenvalue weighted by Crippen LogP contribution is -2.46. The Balaban J connectivity index is 1.88. The molecule has 1 fully saturated rings. The van der Waals surface area contributed by atoms with E-state index in [0.717, 1.165) is 26.2 Å². The van der Waals surface area contributed by atoms with Crippen LogP contribution in [0.5, 0.6) is 0 Å². The Labute approximate surface area is 106 Å². The van der Waals surface area contributed by atoms with Crippen LogP contribution >= 0.6 is 0 Å². The Morgan fingerprint density at radius 3 is 2.94 bits per heavy atom. The van der Waals surface area contributed by atoms with Gasteiger partial charge in [-0.3, -0.25) is 9.69 Å². The summed E-state index contributed by atoms with van der Waals surface area (Å²) >= 11 is 0. The van der Waals surface area contributed by atoms with Crippen molar-refractivity contribution in [2.24, 2.45) is 0 Å². The molecule has 2 N–H and O–H groups in total. The largest absolute Gasteiger partial charge is 0.325 e. The Bertz CT molecular complexity index is 460. The maximum absolute atomic E-state index is 11.8. The van der Waals surface area contributed by atoms with Crippen molar-refractivity contribution < 1.29 is 4.79 Å². The first-order chi connectivity index (χ1) is 8.78. The zero-order valence-electron chi connectivity index (χ0n) is 10.1. The van der Waals surface area contributed by atoms with Crippen molar-refractivity contribution in [2.45, 2.75) is 0 Å². The lowest BCUT2D eigenvalue weighted by atomic mass is 10.2. The first-order valence-corrected chi connectivity index (χ1v) is 6.01. The molecule has 1 amide bonds. The third-order valence-corrected chi connectivity index (χ3v) is 2.85. The van der Waals surface area contributed by atoms with E-state index in [2.05, 4.69) is 21.6 Å². The minimum atomic E-state index is -0.0352. The summed E-state index contributed by atoms with van der Waals surface area (Å²) in [6.07, 6.45) is 0. The van der Waals surface area contributed by atoms with E-state index in [1.807, 2.05) is 0 Å². The smallest absolute Gasteiger partial charge is 0.238 e. The van der Waals surface area contributed by atoms with E-state index in [0.29, 0.717) is 17.8 Å². The highest BCUT2D eigenvalue weighted by atomic mass is 16.2. The average Bonchev–Trinajstić information content (AvgIpc) is 2.40. The van der Waals surface area contributed by atoms with Crippen molar-refractivity contribution in [1.82, 2.24) is 10.2 Å². The Hall–Kier alpha value is -1.90. The number of anilines is 1. The first kappa shape index (κ1) is 12.6. The highest BCUT2D eigenvalue weighted by Crippen LogP contribution is 2.09. The van der Waals surface area contributed by atoms with Crippen molar-refractivity contribution in [3.63, 3.8) is 0 Å². The second-order valence-electron chi connectivity index (χ2n) is 4.27. The van der Waals surface area contributed by atoms with Crippen molar-refractivity contribution in [1.29, 1.82) is 5.26 Å². The first-order valence-electron chi connectivity index (χ1n) is 6.01. The highest BCUT2D eigenvalue weighted by molar-refractivity contribution is 5.92. The number of nitrogens with zero attached hydrogens (tertiary/aromatic N) is 2. The number of carbonyl (C=O) groups excluding carboxylic acids is 1. The van der Waals surface area contributed by atoms with E-state index in [1.54, 1.807) is 24.3 Å². The predicted octanol–water partition coefficient (Wildman–Crippen LogP) is 0.402. The summed E-state index contributed by atoms with van der Waals surface area (Å²) in [7, 11) is 0. The number of nitriles is 1. The molecule has 0 aliphatic carbocycles. The van der Waals surface area contributed by atoms with Gasteiger partial charge in [-0.15, -0.1) is 0 Å². The molecular weight excluding hydrogens is 228 g/mol. The molecule has 0 spiro atoms. The van der Waals surface area contributed by atoms with Gasteiger partial charge in [-0.05, 0) is 18.2 Å². The number of piperazine rings is 1. The number of rotatable bonds is 3. The van der Waals surface area contributed by atoms with Crippen LogP contribution in [0.2, 0.25) is 0 Å². The molecule has 0 bridgehead atoms. The third-order valence-electron chi connectivity index (χ3n) is 2.85. The molecule has 1 aromatic rings.